The van der Waals surface area contributed by atoms with Gasteiger partial charge < -0.3 is 0 Å². The molecule has 0 unspecified atom stereocenters. The SMILES string of the molecule is CC/C(C)=N\NC(=O)c1ccccc1Br. The number of benzene rings is 1. The van der Waals surface area contributed by atoms with E-state index in [1.807, 2.05) is 32.0 Å². The van der Waals surface area contributed by atoms with Crippen LogP contribution in [0.25, 0.3) is 0 Å². The molecule has 4 heteroatoms. The van der Waals surface area contributed by atoms with Crippen molar-refractivity contribution in [2.24, 2.45) is 5.10 Å². The van der Waals surface area contributed by atoms with Crippen molar-refractivity contribution in [3.05, 3.63) is 34.3 Å². The van der Waals surface area contributed by atoms with Crippen molar-refractivity contribution < 1.29 is 4.79 Å². The predicted molar refractivity (Wildman–Crippen MR) is 65.0 cm³/mol. The number of rotatable bonds is 3. The molecule has 0 radical (unpaired) electrons. The topological polar surface area (TPSA) is 41.5 Å². The van der Waals surface area contributed by atoms with Crippen molar-refractivity contribution in [1.82, 2.24) is 5.43 Å². The molecule has 0 heterocycles. The summed E-state index contributed by atoms with van der Waals surface area (Å²) < 4.78 is 0.770. The van der Waals surface area contributed by atoms with Crippen LogP contribution < -0.4 is 5.43 Å². The molecule has 0 aliphatic heterocycles. The minimum absolute atomic E-state index is 0.199. The Labute approximate surface area is 97.7 Å². The summed E-state index contributed by atoms with van der Waals surface area (Å²) in [4.78, 5) is 11.6. The molecule has 1 aromatic rings. The Bertz CT molecular complexity index is 388. The van der Waals surface area contributed by atoms with Crippen LogP contribution in [0.2, 0.25) is 0 Å². The number of halogens is 1. The smallest absolute Gasteiger partial charge is 0.267 e. The monoisotopic (exact) mass is 268 g/mol. The van der Waals surface area contributed by atoms with Crippen LogP contribution in [0.3, 0.4) is 0 Å². The summed E-state index contributed by atoms with van der Waals surface area (Å²) >= 11 is 3.31. The van der Waals surface area contributed by atoms with E-state index in [9.17, 15) is 4.79 Å². The zero-order valence-corrected chi connectivity index (χ0v) is 10.3. The highest BCUT2D eigenvalue weighted by Gasteiger charge is 2.07. The van der Waals surface area contributed by atoms with Crippen molar-refractivity contribution in [3.8, 4) is 0 Å². The molecule has 1 amide bonds. The molecule has 15 heavy (non-hydrogen) atoms. The van der Waals surface area contributed by atoms with Crippen LogP contribution in [0, 0.1) is 0 Å². The third-order valence-corrected chi connectivity index (χ3v) is 2.67. The molecular formula is C11H13BrN2O. The van der Waals surface area contributed by atoms with Gasteiger partial charge >= 0.3 is 0 Å². The number of nitrogens with zero attached hydrogens (tertiary/aromatic N) is 1. The second-order valence-corrected chi connectivity index (χ2v) is 3.98. The van der Waals surface area contributed by atoms with Gasteiger partial charge in [-0.15, -0.1) is 0 Å². The molecule has 0 saturated heterocycles. The predicted octanol–water partition coefficient (Wildman–Crippen LogP) is 2.96. The Morgan fingerprint density at radius 2 is 2.13 bits per heavy atom. The van der Waals surface area contributed by atoms with Gasteiger partial charge in [0.1, 0.15) is 0 Å². The molecule has 1 aromatic carbocycles. The van der Waals surface area contributed by atoms with E-state index in [1.54, 1.807) is 6.07 Å². The molecule has 0 saturated carbocycles. The lowest BCUT2D eigenvalue weighted by molar-refractivity contribution is 0.0954. The number of amides is 1. The Balaban J connectivity index is 2.74. The summed E-state index contributed by atoms with van der Waals surface area (Å²) in [6.07, 6.45) is 0.830. The zero-order valence-electron chi connectivity index (χ0n) is 8.75. The molecule has 0 fully saturated rings. The molecule has 1 rings (SSSR count). The molecule has 0 bridgehead atoms. The number of carbonyl (C=O) groups is 1. The number of hydrogen-bond acceptors (Lipinski definition) is 2. The second-order valence-electron chi connectivity index (χ2n) is 3.12. The summed E-state index contributed by atoms with van der Waals surface area (Å²) in [5, 5.41) is 3.96. The van der Waals surface area contributed by atoms with E-state index in [4.69, 9.17) is 0 Å². The lowest BCUT2D eigenvalue weighted by Gasteiger charge is -2.02. The Kier molecular flexibility index (Phi) is 4.49. The maximum absolute atomic E-state index is 11.6. The molecule has 80 valence electrons. The maximum atomic E-state index is 11.6. The fraction of sp³-hybridized carbons (Fsp3) is 0.273. The van der Waals surface area contributed by atoms with Crippen LogP contribution >= 0.6 is 15.9 Å². The molecule has 0 aromatic heterocycles. The second kappa shape index (κ2) is 5.66. The minimum Gasteiger partial charge on any atom is -0.267 e. The van der Waals surface area contributed by atoms with E-state index < -0.39 is 0 Å². The van der Waals surface area contributed by atoms with Crippen LogP contribution in [-0.4, -0.2) is 11.6 Å². The molecule has 0 aliphatic rings. The fourth-order valence-corrected chi connectivity index (χ4v) is 1.40. The molecule has 0 aliphatic carbocycles. The number of nitrogens with one attached hydrogen (secondary N) is 1. The average Bonchev–Trinajstić information content (AvgIpc) is 2.26. The van der Waals surface area contributed by atoms with Gasteiger partial charge in [0.05, 0.1) is 5.56 Å². The first kappa shape index (κ1) is 11.9. The van der Waals surface area contributed by atoms with Gasteiger partial charge in [-0.1, -0.05) is 19.1 Å². The maximum Gasteiger partial charge on any atom is 0.272 e. The van der Waals surface area contributed by atoms with Crippen molar-refractivity contribution in [3.63, 3.8) is 0 Å². The highest BCUT2D eigenvalue weighted by atomic mass is 79.9. The summed E-state index contributed by atoms with van der Waals surface area (Å²) in [6, 6.07) is 7.25. The first-order chi connectivity index (χ1) is 7.15. The number of carbonyl (C=O) groups excluding carboxylic acids is 1. The quantitative estimate of drug-likeness (QED) is 0.665. The standard InChI is InChI=1S/C11H13BrN2O/c1-3-8(2)13-14-11(15)9-6-4-5-7-10(9)12/h4-7H,3H2,1-2H3,(H,14,15)/b13-8-. The van der Waals surface area contributed by atoms with Gasteiger partial charge in [0.2, 0.25) is 0 Å². The van der Waals surface area contributed by atoms with E-state index in [-0.39, 0.29) is 5.91 Å². The number of hydrogen-bond donors (Lipinski definition) is 1. The Hall–Kier alpha value is -1.16. The van der Waals surface area contributed by atoms with Crippen LogP contribution in [0.4, 0.5) is 0 Å². The van der Waals surface area contributed by atoms with Crippen molar-refractivity contribution in [2.45, 2.75) is 20.3 Å². The lowest BCUT2D eigenvalue weighted by Crippen LogP contribution is -2.19. The van der Waals surface area contributed by atoms with Gasteiger partial charge in [0.25, 0.3) is 5.91 Å². The van der Waals surface area contributed by atoms with Crippen molar-refractivity contribution in [2.75, 3.05) is 0 Å². The van der Waals surface area contributed by atoms with Gasteiger partial charge in [-0.25, -0.2) is 5.43 Å². The van der Waals surface area contributed by atoms with E-state index in [0.29, 0.717) is 5.56 Å². The Morgan fingerprint density at radius 3 is 2.73 bits per heavy atom. The Morgan fingerprint density at radius 1 is 1.47 bits per heavy atom. The average molecular weight is 269 g/mol. The lowest BCUT2D eigenvalue weighted by atomic mass is 10.2. The van der Waals surface area contributed by atoms with Crippen LogP contribution in [0.5, 0.6) is 0 Å². The van der Waals surface area contributed by atoms with Crippen LogP contribution in [0.15, 0.2) is 33.8 Å². The highest BCUT2D eigenvalue weighted by molar-refractivity contribution is 9.10. The summed E-state index contributed by atoms with van der Waals surface area (Å²) in [6.45, 7) is 3.86. The molecule has 3 nitrogen and oxygen atoms in total. The molecule has 1 N–H and O–H groups in total. The summed E-state index contributed by atoms with van der Waals surface area (Å²) in [5.74, 6) is -0.199. The largest absolute Gasteiger partial charge is 0.272 e. The van der Waals surface area contributed by atoms with E-state index in [0.717, 1.165) is 16.6 Å². The van der Waals surface area contributed by atoms with E-state index >= 15 is 0 Å². The van der Waals surface area contributed by atoms with Crippen LogP contribution in [-0.2, 0) is 0 Å². The summed E-state index contributed by atoms with van der Waals surface area (Å²) in [7, 11) is 0. The van der Waals surface area contributed by atoms with Gasteiger partial charge in [-0.05, 0) is 41.4 Å². The highest BCUT2D eigenvalue weighted by Crippen LogP contribution is 2.15. The molecular weight excluding hydrogens is 256 g/mol. The molecule has 0 spiro atoms. The normalized spacial score (nSPS) is 11.3. The van der Waals surface area contributed by atoms with E-state index in [1.165, 1.54) is 0 Å². The zero-order chi connectivity index (χ0) is 11.3. The first-order valence-corrected chi connectivity index (χ1v) is 5.52. The molecule has 0 atom stereocenters. The van der Waals surface area contributed by atoms with E-state index in [2.05, 4.69) is 26.5 Å². The van der Waals surface area contributed by atoms with Gasteiger partial charge in [0, 0.05) is 10.2 Å². The van der Waals surface area contributed by atoms with Crippen LogP contribution in [0.1, 0.15) is 30.6 Å². The van der Waals surface area contributed by atoms with Crippen molar-refractivity contribution in [1.29, 1.82) is 0 Å². The van der Waals surface area contributed by atoms with Gasteiger partial charge in [-0.2, -0.15) is 5.10 Å². The fourth-order valence-electron chi connectivity index (χ4n) is 0.931. The van der Waals surface area contributed by atoms with Gasteiger partial charge in [-0.3, -0.25) is 4.79 Å². The first-order valence-electron chi connectivity index (χ1n) is 4.73. The third-order valence-electron chi connectivity index (χ3n) is 1.98. The minimum atomic E-state index is -0.199. The van der Waals surface area contributed by atoms with Crippen molar-refractivity contribution >= 4 is 27.5 Å². The summed E-state index contributed by atoms with van der Waals surface area (Å²) in [5.41, 5.74) is 4.00. The van der Waals surface area contributed by atoms with Gasteiger partial charge in [0.15, 0.2) is 0 Å². The number of hydrazone groups is 1. The third kappa shape index (κ3) is 3.47.